The van der Waals surface area contributed by atoms with Gasteiger partial charge in [0.1, 0.15) is 19.3 Å². The van der Waals surface area contributed by atoms with E-state index < -0.39 is 18.2 Å². The number of unbranched alkanes of at least 4 members (excludes halogenated alkanes) is 14. The molecule has 6 nitrogen and oxygen atoms in total. The van der Waals surface area contributed by atoms with Crippen molar-refractivity contribution < 1.29 is 29.3 Å². The summed E-state index contributed by atoms with van der Waals surface area (Å²) in [5, 5.41) is 20.1. The Balaban J connectivity index is 3.64. The molecule has 0 rings (SSSR count). The number of hydrogen-bond acceptors (Lipinski definition) is 6. The molecule has 0 saturated carbocycles. The zero-order valence-electron chi connectivity index (χ0n) is 30.1. The van der Waals surface area contributed by atoms with E-state index in [1.54, 1.807) is 6.08 Å². The summed E-state index contributed by atoms with van der Waals surface area (Å²) in [6.45, 7) is 4.01. The molecule has 0 aliphatic carbocycles. The van der Waals surface area contributed by atoms with E-state index in [-0.39, 0.29) is 25.6 Å². The molecule has 0 heterocycles. The van der Waals surface area contributed by atoms with Crippen LogP contribution in [0.15, 0.2) is 60.8 Å². The fourth-order valence-electron chi connectivity index (χ4n) is 5.00. The van der Waals surface area contributed by atoms with Crippen molar-refractivity contribution >= 4 is 11.9 Å². The highest BCUT2D eigenvalue weighted by molar-refractivity contribution is 5.69. The summed E-state index contributed by atoms with van der Waals surface area (Å²) in [4.78, 5) is 23.9. The average molecular weight is 659 g/mol. The van der Waals surface area contributed by atoms with Crippen LogP contribution >= 0.6 is 0 Å². The van der Waals surface area contributed by atoms with Gasteiger partial charge < -0.3 is 19.7 Å². The summed E-state index contributed by atoms with van der Waals surface area (Å²) in [6.07, 6.45) is 43.1. The number of rotatable bonds is 33. The Hall–Kier alpha value is -2.44. The molecule has 0 radical (unpaired) electrons. The third-order valence-electron chi connectivity index (χ3n) is 7.87. The Labute approximate surface area is 288 Å². The van der Waals surface area contributed by atoms with E-state index in [1.165, 1.54) is 77.0 Å². The van der Waals surface area contributed by atoms with Gasteiger partial charge in [-0.2, -0.15) is 0 Å². The Morgan fingerprint density at radius 3 is 1.45 bits per heavy atom. The van der Waals surface area contributed by atoms with Crippen LogP contribution < -0.4 is 0 Å². The van der Waals surface area contributed by atoms with E-state index in [0.717, 1.165) is 44.9 Å². The minimum atomic E-state index is -1.04. The molecule has 0 aromatic carbocycles. The number of allylic oxidation sites excluding steroid dienone is 9. The fraction of sp³-hybridized carbons (Fsp3) is 0.707. The van der Waals surface area contributed by atoms with Gasteiger partial charge in [-0.25, -0.2) is 0 Å². The average Bonchev–Trinajstić information content (AvgIpc) is 3.06. The van der Waals surface area contributed by atoms with Crippen molar-refractivity contribution in [1.82, 2.24) is 0 Å². The van der Waals surface area contributed by atoms with Crippen LogP contribution in [0.3, 0.4) is 0 Å². The first-order valence-corrected chi connectivity index (χ1v) is 18.9. The quantitative estimate of drug-likeness (QED) is 0.0315. The first kappa shape index (κ1) is 44.6. The van der Waals surface area contributed by atoms with Gasteiger partial charge in [-0.15, -0.1) is 0 Å². The molecule has 0 aliphatic rings. The number of carbonyl (C=O) groups excluding carboxylic acids is 2. The van der Waals surface area contributed by atoms with Gasteiger partial charge in [0.2, 0.25) is 0 Å². The molecule has 2 N–H and O–H groups in total. The molecule has 0 amide bonds. The Morgan fingerprint density at radius 1 is 0.532 bits per heavy atom. The van der Waals surface area contributed by atoms with Crippen molar-refractivity contribution in [3.63, 3.8) is 0 Å². The number of esters is 2. The first-order valence-electron chi connectivity index (χ1n) is 18.9. The van der Waals surface area contributed by atoms with Crippen LogP contribution in [0.25, 0.3) is 0 Å². The molecule has 0 aliphatic heterocycles. The van der Waals surface area contributed by atoms with E-state index in [2.05, 4.69) is 50.3 Å². The maximum atomic E-state index is 12.0. The second kappa shape index (κ2) is 36.4. The monoisotopic (exact) mass is 659 g/mol. The molecule has 6 heteroatoms. The SMILES string of the molecule is CC/C=C\C/C=C\C/C=C\C/C=C\C=C\C(O)CCCC(=O)OC[C@H](O)COC(=O)CCCCCCCCCCCCCCCCC. The Morgan fingerprint density at radius 2 is 0.957 bits per heavy atom. The number of carbonyl (C=O) groups is 2. The van der Waals surface area contributed by atoms with E-state index in [9.17, 15) is 19.8 Å². The van der Waals surface area contributed by atoms with Gasteiger partial charge in [0, 0.05) is 12.8 Å². The third kappa shape index (κ3) is 36.2. The van der Waals surface area contributed by atoms with Crippen LogP contribution in [0.4, 0.5) is 0 Å². The summed E-state index contributed by atoms with van der Waals surface area (Å²) < 4.78 is 10.2. The normalized spacial score (nSPS) is 13.5. The predicted molar refractivity (Wildman–Crippen MR) is 197 cm³/mol. The number of aliphatic hydroxyl groups is 2. The molecule has 0 aromatic rings. The molecule has 2 atom stereocenters. The van der Waals surface area contributed by atoms with Gasteiger partial charge >= 0.3 is 11.9 Å². The summed E-state index contributed by atoms with van der Waals surface area (Å²) in [5.41, 5.74) is 0. The van der Waals surface area contributed by atoms with Gasteiger partial charge in [-0.1, -0.05) is 164 Å². The molecular weight excluding hydrogens is 588 g/mol. The Kier molecular flexibility index (Phi) is 34.5. The highest BCUT2D eigenvalue weighted by Gasteiger charge is 2.12. The van der Waals surface area contributed by atoms with Crippen LogP contribution in [0.1, 0.15) is 162 Å². The first-order chi connectivity index (χ1) is 23.0. The van der Waals surface area contributed by atoms with Crippen LogP contribution in [-0.4, -0.2) is 47.6 Å². The number of hydrogen-bond donors (Lipinski definition) is 2. The fourth-order valence-corrected chi connectivity index (χ4v) is 5.00. The van der Waals surface area contributed by atoms with Gasteiger partial charge in [0.15, 0.2) is 0 Å². The molecule has 0 bridgehead atoms. The lowest BCUT2D eigenvalue weighted by Gasteiger charge is -2.12. The van der Waals surface area contributed by atoms with E-state index >= 15 is 0 Å². The summed E-state index contributed by atoms with van der Waals surface area (Å²) >= 11 is 0. The largest absolute Gasteiger partial charge is 0.463 e. The summed E-state index contributed by atoms with van der Waals surface area (Å²) in [6, 6.07) is 0. The lowest BCUT2D eigenvalue weighted by atomic mass is 10.0. The van der Waals surface area contributed by atoms with Crippen molar-refractivity contribution in [1.29, 1.82) is 0 Å². The summed E-state index contributed by atoms with van der Waals surface area (Å²) in [5.74, 6) is -0.763. The van der Waals surface area contributed by atoms with E-state index in [0.29, 0.717) is 19.3 Å². The second-order valence-corrected chi connectivity index (χ2v) is 12.5. The number of aliphatic hydroxyl groups excluding tert-OH is 2. The highest BCUT2D eigenvalue weighted by atomic mass is 16.6. The second-order valence-electron chi connectivity index (χ2n) is 12.5. The maximum Gasteiger partial charge on any atom is 0.305 e. The lowest BCUT2D eigenvalue weighted by molar-refractivity contribution is -0.152. The Bertz CT molecular complexity index is 856. The maximum absolute atomic E-state index is 12.0. The van der Waals surface area contributed by atoms with Crippen molar-refractivity contribution in [2.24, 2.45) is 0 Å². The molecule has 270 valence electrons. The standard InChI is InChI=1S/C41H70O6/c1-3-5-7-9-11-13-15-17-18-20-22-24-26-28-30-34-40(44)46-36-39(43)37-47-41(45)35-31-33-38(42)32-29-27-25-23-21-19-16-14-12-10-8-6-4-2/h6,8,12,14,19,21,25,27,29,32,38-39,42-43H,3-5,7,9-11,13,15-18,20,22-24,26,28,30-31,33-37H2,1-2H3/b8-6-,14-12-,21-19-,27-25-,32-29+/t38?,39-/m1/s1. The lowest BCUT2D eigenvalue weighted by Crippen LogP contribution is -2.25. The third-order valence-corrected chi connectivity index (χ3v) is 7.87. The number of ether oxygens (including phenoxy) is 2. The minimum Gasteiger partial charge on any atom is -0.463 e. The summed E-state index contributed by atoms with van der Waals surface area (Å²) in [7, 11) is 0. The molecule has 0 spiro atoms. The van der Waals surface area contributed by atoms with Crippen molar-refractivity contribution in [2.45, 2.75) is 174 Å². The molecular formula is C41H70O6. The van der Waals surface area contributed by atoms with Crippen molar-refractivity contribution in [3.05, 3.63) is 60.8 Å². The van der Waals surface area contributed by atoms with E-state index in [1.807, 2.05) is 18.2 Å². The van der Waals surface area contributed by atoms with Gasteiger partial charge in [-0.3, -0.25) is 9.59 Å². The predicted octanol–water partition coefficient (Wildman–Crippen LogP) is 10.6. The van der Waals surface area contributed by atoms with Crippen LogP contribution in [0, 0.1) is 0 Å². The topological polar surface area (TPSA) is 93.1 Å². The van der Waals surface area contributed by atoms with Crippen molar-refractivity contribution in [2.75, 3.05) is 13.2 Å². The van der Waals surface area contributed by atoms with Gasteiger partial charge in [0.25, 0.3) is 0 Å². The van der Waals surface area contributed by atoms with Gasteiger partial charge in [-0.05, 0) is 44.9 Å². The molecule has 0 fully saturated rings. The van der Waals surface area contributed by atoms with Gasteiger partial charge in [0.05, 0.1) is 6.10 Å². The van der Waals surface area contributed by atoms with Crippen LogP contribution in [0.2, 0.25) is 0 Å². The molecule has 0 aromatic heterocycles. The van der Waals surface area contributed by atoms with Crippen LogP contribution in [-0.2, 0) is 19.1 Å². The zero-order chi connectivity index (χ0) is 34.5. The molecule has 47 heavy (non-hydrogen) atoms. The zero-order valence-corrected chi connectivity index (χ0v) is 30.1. The highest BCUT2D eigenvalue weighted by Crippen LogP contribution is 2.14. The van der Waals surface area contributed by atoms with E-state index in [4.69, 9.17) is 9.47 Å². The smallest absolute Gasteiger partial charge is 0.305 e. The van der Waals surface area contributed by atoms with Crippen LogP contribution in [0.5, 0.6) is 0 Å². The minimum absolute atomic E-state index is 0.153. The van der Waals surface area contributed by atoms with Crippen molar-refractivity contribution in [3.8, 4) is 0 Å². The molecule has 1 unspecified atom stereocenters. The molecule has 0 saturated heterocycles.